The molecule has 1 aromatic rings. The number of piperidine rings is 1. The summed E-state index contributed by atoms with van der Waals surface area (Å²) in [5, 5.41) is 4.06. The lowest BCUT2D eigenvalue weighted by Gasteiger charge is -2.31. The van der Waals surface area contributed by atoms with Gasteiger partial charge in [0.05, 0.1) is 6.42 Å². The summed E-state index contributed by atoms with van der Waals surface area (Å²) in [5.74, 6) is 1.40. The summed E-state index contributed by atoms with van der Waals surface area (Å²) in [6.45, 7) is 1.74. The SMILES string of the molecule is O=C(Cc1ccsc1)N1CCCC(CCl)C1. The molecule has 88 valence electrons. The third-order valence-corrected chi connectivity index (χ3v) is 4.19. The Morgan fingerprint density at radius 2 is 2.50 bits per heavy atom. The van der Waals surface area contributed by atoms with Gasteiger partial charge in [-0.1, -0.05) is 0 Å². The van der Waals surface area contributed by atoms with Crippen molar-refractivity contribution in [3.63, 3.8) is 0 Å². The van der Waals surface area contributed by atoms with E-state index in [1.54, 1.807) is 11.3 Å². The summed E-state index contributed by atoms with van der Waals surface area (Å²) >= 11 is 7.50. The molecule has 2 heterocycles. The molecule has 16 heavy (non-hydrogen) atoms. The highest BCUT2D eigenvalue weighted by Gasteiger charge is 2.22. The van der Waals surface area contributed by atoms with E-state index in [1.165, 1.54) is 0 Å². The van der Waals surface area contributed by atoms with Gasteiger partial charge in [-0.05, 0) is 41.1 Å². The number of thiophene rings is 1. The topological polar surface area (TPSA) is 20.3 Å². The Labute approximate surface area is 105 Å². The molecule has 0 N–H and O–H groups in total. The van der Waals surface area contributed by atoms with Crippen molar-refractivity contribution in [2.45, 2.75) is 19.3 Å². The normalized spacial score (nSPS) is 21.1. The monoisotopic (exact) mass is 257 g/mol. The zero-order valence-corrected chi connectivity index (χ0v) is 10.8. The highest BCUT2D eigenvalue weighted by atomic mass is 35.5. The number of alkyl halides is 1. The number of amides is 1. The van der Waals surface area contributed by atoms with Gasteiger partial charge in [-0.3, -0.25) is 4.79 Å². The van der Waals surface area contributed by atoms with Crippen LogP contribution in [0.2, 0.25) is 0 Å². The highest BCUT2D eigenvalue weighted by Crippen LogP contribution is 2.18. The van der Waals surface area contributed by atoms with Crippen molar-refractivity contribution in [2.75, 3.05) is 19.0 Å². The first kappa shape index (κ1) is 11.9. The van der Waals surface area contributed by atoms with Crippen LogP contribution in [0.3, 0.4) is 0 Å². The van der Waals surface area contributed by atoms with E-state index in [2.05, 4.69) is 0 Å². The second-order valence-electron chi connectivity index (χ2n) is 4.31. The number of likely N-dealkylation sites (tertiary alicyclic amines) is 1. The van der Waals surface area contributed by atoms with Crippen LogP contribution in [0.5, 0.6) is 0 Å². The number of halogens is 1. The Hall–Kier alpha value is -0.540. The minimum absolute atomic E-state index is 0.244. The maximum atomic E-state index is 12.0. The van der Waals surface area contributed by atoms with Crippen molar-refractivity contribution < 1.29 is 4.79 Å². The third kappa shape index (κ3) is 2.98. The molecule has 0 aromatic carbocycles. The van der Waals surface area contributed by atoms with Gasteiger partial charge in [-0.15, -0.1) is 11.6 Å². The summed E-state index contributed by atoms with van der Waals surface area (Å²) in [6, 6.07) is 2.02. The molecule has 2 rings (SSSR count). The molecule has 0 radical (unpaired) electrons. The zero-order chi connectivity index (χ0) is 11.4. The largest absolute Gasteiger partial charge is 0.342 e. The molecule has 0 spiro atoms. The molecule has 1 aliphatic heterocycles. The van der Waals surface area contributed by atoms with Crippen molar-refractivity contribution >= 4 is 28.8 Å². The van der Waals surface area contributed by atoms with Gasteiger partial charge in [0.25, 0.3) is 0 Å². The van der Waals surface area contributed by atoms with E-state index in [-0.39, 0.29) is 5.91 Å². The zero-order valence-electron chi connectivity index (χ0n) is 9.19. The van der Waals surface area contributed by atoms with E-state index in [4.69, 9.17) is 11.6 Å². The minimum atomic E-state index is 0.244. The lowest BCUT2D eigenvalue weighted by Crippen LogP contribution is -2.41. The van der Waals surface area contributed by atoms with E-state index in [0.29, 0.717) is 18.2 Å². The first-order valence-corrected chi connectivity index (χ1v) is 7.12. The van der Waals surface area contributed by atoms with Crippen molar-refractivity contribution in [1.29, 1.82) is 0 Å². The molecule has 0 saturated carbocycles. The third-order valence-electron chi connectivity index (χ3n) is 3.03. The van der Waals surface area contributed by atoms with E-state index in [9.17, 15) is 4.79 Å². The number of rotatable bonds is 3. The molecule has 0 aliphatic carbocycles. The summed E-state index contributed by atoms with van der Waals surface area (Å²) in [7, 11) is 0. The van der Waals surface area contributed by atoms with Gasteiger partial charge >= 0.3 is 0 Å². The Morgan fingerprint density at radius 3 is 3.19 bits per heavy atom. The Balaban J connectivity index is 1.89. The van der Waals surface area contributed by atoms with Crippen molar-refractivity contribution in [3.05, 3.63) is 22.4 Å². The van der Waals surface area contributed by atoms with Gasteiger partial charge in [-0.2, -0.15) is 11.3 Å². The van der Waals surface area contributed by atoms with Gasteiger partial charge in [0, 0.05) is 19.0 Å². The molecular weight excluding hydrogens is 242 g/mol. The van der Waals surface area contributed by atoms with Gasteiger partial charge in [0.1, 0.15) is 0 Å². The van der Waals surface area contributed by atoms with Gasteiger partial charge < -0.3 is 4.90 Å². The molecule has 1 atom stereocenters. The predicted molar refractivity (Wildman–Crippen MR) is 68.0 cm³/mol. The van der Waals surface area contributed by atoms with Crippen LogP contribution in [0.25, 0.3) is 0 Å². The Morgan fingerprint density at radius 1 is 1.62 bits per heavy atom. The fraction of sp³-hybridized carbons (Fsp3) is 0.583. The first-order chi connectivity index (χ1) is 7.79. The van der Waals surface area contributed by atoms with Crippen LogP contribution in [0.15, 0.2) is 16.8 Å². The molecule has 4 heteroatoms. The average molecular weight is 258 g/mol. The van der Waals surface area contributed by atoms with Crippen LogP contribution in [-0.2, 0) is 11.2 Å². The molecule has 1 unspecified atom stereocenters. The summed E-state index contributed by atoms with van der Waals surface area (Å²) in [6.07, 6.45) is 2.79. The Bertz CT molecular complexity index is 339. The highest BCUT2D eigenvalue weighted by molar-refractivity contribution is 7.07. The first-order valence-electron chi connectivity index (χ1n) is 5.64. The van der Waals surface area contributed by atoms with Crippen molar-refractivity contribution in [2.24, 2.45) is 5.92 Å². The summed E-state index contributed by atoms with van der Waals surface area (Å²) < 4.78 is 0. The van der Waals surface area contributed by atoms with Gasteiger partial charge in [0.2, 0.25) is 5.91 Å². The van der Waals surface area contributed by atoms with E-state index < -0.39 is 0 Å². The van der Waals surface area contributed by atoms with Crippen LogP contribution in [0, 0.1) is 5.92 Å². The molecule has 1 fully saturated rings. The number of carbonyl (C=O) groups is 1. The number of hydrogen-bond acceptors (Lipinski definition) is 2. The van der Waals surface area contributed by atoms with E-state index >= 15 is 0 Å². The minimum Gasteiger partial charge on any atom is -0.342 e. The van der Waals surface area contributed by atoms with Crippen LogP contribution in [0.1, 0.15) is 18.4 Å². The second-order valence-corrected chi connectivity index (χ2v) is 5.40. The number of carbonyl (C=O) groups excluding carboxylic acids is 1. The molecule has 1 aliphatic rings. The van der Waals surface area contributed by atoms with Gasteiger partial charge in [-0.25, -0.2) is 0 Å². The summed E-state index contributed by atoms with van der Waals surface area (Å²) in [4.78, 5) is 14.0. The summed E-state index contributed by atoms with van der Waals surface area (Å²) in [5.41, 5.74) is 1.13. The van der Waals surface area contributed by atoms with E-state index in [1.807, 2.05) is 21.7 Å². The quantitative estimate of drug-likeness (QED) is 0.763. The predicted octanol–water partition coefficient (Wildman–Crippen LogP) is 2.77. The standard InChI is InChI=1S/C12H16ClNOS/c13-7-11-2-1-4-14(8-11)12(15)6-10-3-5-16-9-10/h3,5,9,11H,1-2,4,6-8H2. The fourth-order valence-corrected chi connectivity index (χ4v) is 3.02. The Kier molecular flexibility index (Phi) is 4.24. The van der Waals surface area contributed by atoms with Crippen LogP contribution in [-0.4, -0.2) is 29.8 Å². The molecule has 2 nitrogen and oxygen atoms in total. The smallest absolute Gasteiger partial charge is 0.227 e. The van der Waals surface area contributed by atoms with Gasteiger partial charge in [0.15, 0.2) is 0 Å². The number of nitrogens with zero attached hydrogens (tertiary/aromatic N) is 1. The molecule has 1 aromatic heterocycles. The van der Waals surface area contributed by atoms with Crippen molar-refractivity contribution in [1.82, 2.24) is 4.90 Å². The maximum Gasteiger partial charge on any atom is 0.227 e. The van der Waals surface area contributed by atoms with E-state index in [0.717, 1.165) is 31.5 Å². The van der Waals surface area contributed by atoms with Crippen molar-refractivity contribution in [3.8, 4) is 0 Å². The maximum absolute atomic E-state index is 12.0. The fourth-order valence-electron chi connectivity index (χ4n) is 2.10. The van der Waals surface area contributed by atoms with Crippen LogP contribution >= 0.6 is 22.9 Å². The average Bonchev–Trinajstić information content (AvgIpc) is 2.82. The molecule has 1 amide bonds. The lowest BCUT2D eigenvalue weighted by molar-refractivity contribution is -0.132. The molecule has 1 saturated heterocycles. The molecular formula is C12H16ClNOS. The molecule has 0 bridgehead atoms. The second kappa shape index (κ2) is 5.69. The van der Waals surface area contributed by atoms with Crippen LogP contribution < -0.4 is 0 Å². The number of hydrogen-bond donors (Lipinski definition) is 0. The lowest BCUT2D eigenvalue weighted by atomic mass is 9.99. The van der Waals surface area contributed by atoms with Crippen LogP contribution in [0.4, 0.5) is 0 Å².